The second-order valence-electron chi connectivity index (χ2n) is 7.17. The summed E-state index contributed by atoms with van der Waals surface area (Å²) >= 11 is 1.08. The van der Waals surface area contributed by atoms with Crippen LogP contribution < -0.4 is 14.4 Å². The van der Waals surface area contributed by atoms with E-state index in [2.05, 4.69) is 9.73 Å². The average molecular weight is 492 g/mol. The Labute approximate surface area is 199 Å². The molecule has 180 valence electrons. The van der Waals surface area contributed by atoms with E-state index in [0.29, 0.717) is 17.9 Å². The molecule has 0 unspecified atom stereocenters. The lowest BCUT2D eigenvalue weighted by Crippen LogP contribution is -2.32. The minimum Gasteiger partial charge on any atom is -0.504 e. The number of halogens is 2. The van der Waals surface area contributed by atoms with Crippen LogP contribution in [0.1, 0.15) is 12.5 Å². The molecular weight excluding hydrogens is 468 g/mol. The van der Waals surface area contributed by atoms with Gasteiger partial charge in [-0.05, 0) is 55.0 Å². The van der Waals surface area contributed by atoms with Gasteiger partial charge in [-0.25, -0.2) is 4.99 Å². The number of alkyl halides is 2. The summed E-state index contributed by atoms with van der Waals surface area (Å²) in [6, 6.07) is 10.2. The fourth-order valence-electron chi connectivity index (χ4n) is 2.90. The Balaban J connectivity index is 1.94. The van der Waals surface area contributed by atoms with Crippen LogP contribution in [0.25, 0.3) is 6.08 Å². The fraction of sp³-hybridized carbons (Fsp3) is 0.261. The van der Waals surface area contributed by atoms with Crippen LogP contribution in [0.15, 0.2) is 53.2 Å². The predicted molar refractivity (Wildman–Crippen MR) is 126 cm³/mol. The van der Waals surface area contributed by atoms with Crippen molar-refractivity contribution in [1.29, 1.82) is 0 Å². The highest BCUT2D eigenvalue weighted by Crippen LogP contribution is 2.32. The van der Waals surface area contributed by atoms with Gasteiger partial charge in [0.25, 0.3) is 5.91 Å². The average Bonchev–Trinajstić information content (AvgIpc) is 3.09. The minimum absolute atomic E-state index is 0.0311. The number of carbonyl (C=O) groups excluding carboxylic acids is 2. The van der Waals surface area contributed by atoms with E-state index in [-0.39, 0.29) is 39.8 Å². The van der Waals surface area contributed by atoms with Gasteiger partial charge in [-0.15, -0.1) is 0 Å². The van der Waals surface area contributed by atoms with Crippen LogP contribution in [-0.2, 0) is 9.59 Å². The van der Waals surface area contributed by atoms with Crippen molar-refractivity contribution >= 4 is 40.5 Å². The topological polar surface area (TPSA) is 91.7 Å². The Kier molecular flexibility index (Phi) is 8.11. The molecular formula is C23H23F2N3O5S. The largest absolute Gasteiger partial charge is 0.504 e. The zero-order valence-electron chi connectivity index (χ0n) is 18.7. The van der Waals surface area contributed by atoms with Crippen molar-refractivity contribution in [1.82, 2.24) is 4.90 Å². The van der Waals surface area contributed by atoms with E-state index >= 15 is 0 Å². The Hall–Kier alpha value is -3.60. The zero-order chi connectivity index (χ0) is 24.8. The third-order valence-electron chi connectivity index (χ3n) is 4.56. The molecule has 1 aliphatic heterocycles. The molecule has 0 aromatic heterocycles. The van der Waals surface area contributed by atoms with Gasteiger partial charge in [-0.3, -0.25) is 14.5 Å². The number of hydrogen-bond donors (Lipinski definition) is 1. The molecule has 1 N–H and O–H groups in total. The normalized spacial score (nSPS) is 14.5. The summed E-state index contributed by atoms with van der Waals surface area (Å²) in [5.74, 6) is -0.405. The number of rotatable bonds is 8. The predicted octanol–water partition coefficient (Wildman–Crippen LogP) is 3.96. The molecule has 0 saturated carbocycles. The molecule has 2 aromatic carbocycles. The third-order valence-corrected chi connectivity index (χ3v) is 5.48. The van der Waals surface area contributed by atoms with Crippen LogP contribution in [-0.4, -0.2) is 60.1 Å². The molecule has 0 aliphatic carbocycles. The number of aliphatic imine (C=N–C) groups is 1. The first-order chi connectivity index (χ1) is 16.2. The first-order valence-corrected chi connectivity index (χ1v) is 11.2. The number of ether oxygens (including phenoxy) is 2. The van der Waals surface area contributed by atoms with Crippen LogP contribution in [0, 0.1) is 0 Å². The minimum atomic E-state index is -2.97. The molecule has 3 rings (SSSR count). The Bertz CT molecular complexity index is 1120. The second kappa shape index (κ2) is 11.0. The van der Waals surface area contributed by atoms with Crippen molar-refractivity contribution in [2.24, 2.45) is 4.99 Å². The van der Waals surface area contributed by atoms with Gasteiger partial charge in [-0.1, -0.05) is 17.8 Å². The number of benzene rings is 2. The smallest absolute Gasteiger partial charge is 0.387 e. The van der Waals surface area contributed by atoms with Gasteiger partial charge in [0.05, 0.1) is 18.0 Å². The van der Waals surface area contributed by atoms with E-state index in [1.165, 1.54) is 46.2 Å². The number of amides is 2. The maximum atomic E-state index is 13.2. The summed E-state index contributed by atoms with van der Waals surface area (Å²) in [5, 5.41) is 10.2. The van der Waals surface area contributed by atoms with E-state index in [1.807, 2.05) is 0 Å². The van der Waals surface area contributed by atoms with Crippen molar-refractivity contribution in [3.8, 4) is 17.2 Å². The van der Waals surface area contributed by atoms with Gasteiger partial charge >= 0.3 is 6.61 Å². The first-order valence-electron chi connectivity index (χ1n) is 10.2. The van der Waals surface area contributed by atoms with Crippen molar-refractivity contribution in [2.45, 2.75) is 13.5 Å². The summed E-state index contributed by atoms with van der Waals surface area (Å²) in [6.07, 6.45) is 1.53. The summed E-state index contributed by atoms with van der Waals surface area (Å²) in [5.41, 5.74) is 1.05. The van der Waals surface area contributed by atoms with Crippen molar-refractivity contribution < 1.29 is 33.0 Å². The van der Waals surface area contributed by atoms with Gasteiger partial charge < -0.3 is 19.5 Å². The molecule has 2 aromatic rings. The number of thioether (sulfide) groups is 1. The van der Waals surface area contributed by atoms with E-state index in [0.717, 1.165) is 11.8 Å². The van der Waals surface area contributed by atoms with Gasteiger partial charge in [0, 0.05) is 14.1 Å². The molecule has 1 aliphatic rings. The number of aromatic hydroxyl groups is 1. The van der Waals surface area contributed by atoms with Crippen LogP contribution >= 0.6 is 11.8 Å². The molecule has 0 spiro atoms. The van der Waals surface area contributed by atoms with Gasteiger partial charge in [0.1, 0.15) is 11.4 Å². The van der Waals surface area contributed by atoms with Gasteiger partial charge in [0.15, 0.2) is 16.7 Å². The van der Waals surface area contributed by atoms with E-state index in [4.69, 9.17) is 4.74 Å². The van der Waals surface area contributed by atoms with Gasteiger partial charge in [0.2, 0.25) is 5.91 Å². The highest BCUT2D eigenvalue weighted by Gasteiger charge is 2.32. The maximum absolute atomic E-state index is 13.2. The number of carbonyl (C=O) groups is 2. The summed E-state index contributed by atoms with van der Waals surface area (Å²) in [4.78, 5) is 32.5. The highest BCUT2D eigenvalue weighted by atomic mass is 32.2. The molecule has 0 bridgehead atoms. The SMILES string of the molecule is CCOc1cc(/C=C2\N=C(SCC(=O)N(C)C)N(c3ccc(OC(F)F)cc3)C2=O)ccc1O. The lowest BCUT2D eigenvalue weighted by molar-refractivity contribution is -0.125. The second-order valence-corrected chi connectivity index (χ2v) is 8.12. The van der Waals surface area contributed by atoms with Crippen LogP contribution in [0.5, 0.6) is 17.2 Å². The number of amidine groups is 1. The maximum Gasteiger partial charge on any atom is 0.387 e. The van der Waals surface area contributed by atoms with E-state index < -0.39 is 12.5 Å². The van der Waals surface area contributed by atoms with Crippen LogP contribution in [0.2, 0.25) is 0 Å². The monoisotopic (exact) mass is 491 g/mol. The van der Waals surface area contributed by atoms with Crippen molar-refractivity contribution in [3.05, 3.63) is 53.7 Å². The number of hydrogen-bond acceptors (Lipinski definition) is 7. The number of nitrogens with zero attached hydrogens (tertiary/aromatic N) is 3. The Morgan fingerprint density at radius 3 is 2.56 bits per heavy atom. The van der Waals surface area contributed by atoms with Crippen LogP contribution in [0.3, 0.4) is 0 Å². The Morgan fingerprint density at radius 2 is 1.94 bits per heavy atom. The number of phenolic OH excluding ortho intramolecular Hbond substituents is 1. The summed E-state index contributed by atoms with van der Waals surface area (Å²) in [6.45, 7) is -0.834. The lowest BCUT2D eigenvalue weighted by atomic mass is 10.1. The number of anilines is 1. The molecule has 11 heteroatoms. The van der Waals surface area contributed by atoms with Crippen molar-refractivity contribution in [2.75, 3.05) is 31.4 Å². The highest BCUT2D eigenvalue weighted by molar-refractivity contribution is 8.14. The molecule has 0 atom stereocenters. The molecule has 0 saturated heterocycles. The summed E-state index contributed by atoms with van der Waals surface area (Å²) < 4.78 is 34.7. The van der Waals surface area contributed by atoms with E-state index in [1.54, 1.807) is 33.2 Å². The molecule has 34 heavy (non-hydrogen) atoms. The molecule has 0 fully saturated rings. The zero-order valence-corrected chi connectivity index (χ0v) is 19.5. The molecule has 0 radical (unpaired) electrons. The fourth-order valence-corrected chi connectivity index (χ4v) is 3.89. The quantitative estimate of drug-likeness (QED) is 0.562. The van der Waals surface area contributed by atoms with E-state index in [9.17, 15) is 23.5 Å². The van der Waals surface area contributed by atoms with Gasteiger partial charge in [-0.2, -0.15) is 8.78 Å². The van der Waals surface area contributed by atoms with Crippen molar-refractivity contribution in [3.63, 3.8) is 0 Å². The molecule has 8 nitrogen and oxygen atoms in total. The standard InChI is InChI=1S/C23H23F2N3O5S/c1-4-32-19-12-14(5-10-18(19)29)11-17-21(31)28(23(26-17)34-13-20(30)27(2)3)15-6-8-16(9-7-15)33-22(24)25/h5-12,22,29H,4,13H2,1-3H3/b17-11-. The third kappa shape index (κ3) is 6.04. The first kappa shape index (κ1) is 25.0. The lowest BCUT2D eigenvalue weighted by Gasteiger charge is -2.18. The molecule has 2 amide bonds. The Morgan fingerprint density at radius 1 is 1.24 bits per heavy atom. The summed E-state index contributed by atoms with van der Waals surface area (Å²) in [7, 11) is 3.24. The number of phenols is 1. The van der Waals surface area contributed by atoms with Crippen LogP contribution in [0.4, 0.5) is 14.5 Å². The molecule has 1 heterocycles.